The number of esters is 1. The first-order chi connectivity index (χ1) is 18.3. The summed E-state index contributed by atoms with van der Waals surface area (Å²) in [5.74, 6) is 0.701. The zero-order chi connectivity index (χ0) is 24.5. The van der Waals surface area contributed by atoms with Crippen molar-refractivity contribution in [1.29, 1.82) is 0 Å². The van der Waals surface area contributed by atoms with Crippen molar-refractivity contribution in [3.63, 3.8) is 0 Å². The van der Waals surface area contributed by atoms with Crippen LogP contribution in [0.25, 0.3) is 21.5 Å². The Morgan fingerprint density at radius 1 is 0.703 bits per heavy atom. The van der Waals surface area contributed by atoms with Crippen molar-refractivity contribution in [2.24, 2.45) is 5.92 Å². The third kappa shape index (κ3) is 3.15. The maximum atomic E-state index is 14.0. The highest BCUT2D eigenvalue weighted by Crippen LogP contribution is 2.58. The van der Waals surface area contributed by atoms with Gasteiger partial charge in [-0.1, -0.05) is 84.9 Å². The van der Waals surface area contributed by atoms with Crippen LogP contribution >= 0.6 is 0 Å². The summed E-state index contributed by atoms with van der Waals surface area (Å²) in [6.07, 6.45) is 5.25. The summed E-state index contributed by atoms with van der Waals surface area (Å²) in [6, 6.07) is 32.7. The highest BCUT2D eigenvalue weighted by atomic mass is 16.5. The minimum absolute atomic E-state index is 0.00209. The molecule has 0 heterocycles. The lowest BCUT2D eigenvalue weighted by Gasteiger charge is -2.45. The van der Waals surface area contributed by atoms with Crippen molar-refractivity contribution in [2.45, 2.75) is 43.9 Å². The van der Waals surface area contributed by atoms with E-state index in [4.69, 9.17) is 4.74 Å². The van der Waals surface area contributed by atoms with Gasteiger partial charge in [-0.15, -0.1) is 0 Å². The molecule has 0 aromatic heterocycles. The maximum Gasteiger partial charge on any atom is 0.315 e. The highest BCUT2D eigenvalue weighted by Gasteiger charge is 2.48. The molecule has 4 aliphatic carbocycles. The Bertz CT molecular complexity index is 1730. The lowest BCUT2D eigenvalue weighted by atomic mass is 9.58. The molecule has 5 aromatic rings. The molecule has 0 aliphatic heterocycles. The largest absolute Gasteiger partial charge is 0.426 e. The fourth-order valence-electron chi connectivity index (χ4n) is 7.45. The molecular weight excluding hydrogens is 452 g/mol. The van der Waals surface area contributed by atoms with E-state index in [-0.39, 0.29) is 23.7 Å². The maximum absolute atomic E-state index is 14.0. The third-order valence-corrected chi connectivity index (χ3v) is 9.11. The van der Waals surface area contributed by atoms with E-state index in [2.05, 4.69) is 78.9 Å². The molecule has 5 aromatic carbocycles. The van der Waals surface area contributed by atoms with Gasteiger partial charge in [0.25, 0.3) is 0 Å². The van der Waals surface area contributed by atoms with E-state index in [9.17, 15) is 4.79 Å². The zero-order valence-corrected chi connectivity index (χ0v) is 20.7. The number of benzene rings is 5. The number of fused-ring (bicyclic) bond motifs is 4. The van der Waals surface area contributed by atoms with Crippen LogP contribution in [-0.4, -0.2) is 5.97 Å². The van der Waals surface area contributed by atoms with Gasteiger partial charge in [-0.05, 0) is 93.1 Å². The highest BCUT2D eigenvalue weighted by molar-refractivity contribution is 5.93. The van der Waals surface area contributed by atoms with Gasteiger partial charge < -0.3 is 4.74 Å². The van der Waals surface area contributed by atoms with Gasteiger partial charge in [0.05, 0.1) is 5.92 Å². The monoisotopic (exact) mass is 480 g/mol. The van der Waals surface area contributed by atoms with Crippen molar-refractivity contribution in [2.75, 3.05) is 0 Å². The van der Waals surface area contributed by atoms with Crippen LogP contribution in [0.1, 0.15) is 64.5 Å². The molecule has 0 N–H and O–H groups in total. The van der Waals surface area contributed by atoms with Crippen LogP contribution in [0.4, 0.5) is 0 Å². The first kappa shape index (κ1) is 21.2. The van der Waals surface area contributed by atoms with Gasteiger partial charge in [-0.2, -0.15) is 0 Å². The Morgan fingerprint density at radius 3 is 2.32 bits per heavy atom. The number of carbonyl (C=O) groups excluding carboxylic acids is 1. The molecule has 0 radical (unpaired) electrons. The van der Waals surface area contributed by atoms with Crippen molar-refractivity contribution >= 4 is 27.5 Å². The Kier molecular flexibility index (Phi) is 4.61. The minimum atomic E-state index is -0.198. The van der Waals surface area contributed by atoms with Crippen LogP contribution in [0, 0.1) is 5.92 Å². The molecule has 9 rings (SSSR count). The van der Waals surface area contributed by atoms with Crippen LogP contribution in [0.3, 0.4) is 0 Å². The van der Waals surface area contributed by atoms with Crippen molar-refractivity contribution in [3.05, 3.63) is 124 Å². The van der Waals surface area contributed by atoms with Gasteiger partial charge in [-0.3, -0.25) is 4.79 Å². The van der Waals surface area contributed by atoms with Gasteiger partial charge in [0.1, 0.15) is 5.75 Å². The number of hydrogen-bond donors (Lipinski definition) is 0. The number of hydrogen-bond acceptors (Lipinski definition) is 2. The smallest absolute Gasteiger partial charge is 0.315 e. The van der Waals surface area contributed by atoms with Crippen molar-refractivity contribution in [3.8, 4) is 5.75 Å². The van der Waals surface area contributed by atoms with E-state index in [0.717, 1.165) is 31.4 Å². The van der Waals surface area contributed by atoms with Crippen molar-refractivity contribution in [1.82, 2.24) is 0 Å². The SMILES string of the molecule is O=C(Oc1cccc2c1CCCC2)C1CC2c3cc4ccccc4cc3C1c1c2ccc2ccccc12. The van der Waals surface area contributed by atoms with E-state index < -0.39 is 0 Å². The lowest BCUT2D eigenvalue weighted by Crippen LogP contribution is -2.38. The van der Waals surface area contributed by atoms with Gasteiger partial charge in [0.15, 0.2) is 0 Å². The summed E-state index contributed by atoms with van der Waals surface area (Å²) in [7, 11) is 0. The summed E-state index contributed by atoms with van der Waals surface area (Å²) < 4.78 is 6.30. The Hall–Kier alpha value is -3.91. The standard InChI is InChI=1S/C35H28O2/c36-35(37-32-15-7-12-21-8-3-5-13-25(21)32)31-20-29-27-17-16-22-9-4-6-14-26(22)33(27)34(31)30-19-24-11-2-1-10-23(24)18-28(29)30/h1-2,4,6-7,9-12,14-19,29,31,34H,3,5,8,13,20H2. The molecule has 0 saturated heterocycles. The number of carbonyl (C=O) groups is 1. The Morgan fingerprint density at radius 2 is 1.46 bits per heavy atom. The fourth-order valence-corrected chi connectivity index (χ4v) is 7.45. The molecular formula is C35H28O2. The summed E-state index contributed by atoms with van der Waals surface area (Å²) in [5, 5.41) is 5.01. The van der Waals surface area contributed by atoms with Gasteiger partial charge in [-0.25, -0.2) is 0 Å². The topological polar surface area (TPSA) is 26.3 Å². The molecule has 180 valence electrons. The molecule has 0 fully saturated rings. The fraction of sp³-hybridized carbons (Fsp3) is 0.229. The van der Waals surface area contributed by atoms with Gasteiger partial charge in [0.2, 0.25) is 0 Å². The molecule has 37 heavy (non-hydrogen) atoms. The summed E-state index contributed by atoms with van der Waals surface area (Å²) in [5.41, 5.74) is 7.97. The van der Waals surface area contributed by atoms with Crippen LogP contribution in [0.15, 0.2) is 91.0 Å². The van der Waals surface area contributed by atoms with E-state index in [1.807, 2.05) is 12.1 Å². The molecule has 2 heteroatoms. The molecule has 0 amide bonds. The molecule has 4 aliphatic rings. The average Bonchev–Trinajstić information content (AvgIpc) is 2.96. The summed E-state index contributed by atoms with van der Waals surface area (Å²) in [6.45, 7) is 0. The minimum Gasteiger partial charge on any atom is -0.426 e. The predicted octanol–water partition coefficient (Wildman–Crippen LogP) is 8.07. The van der Waals surface area contributed by atoms with Gasteiger partial charge >= 0.3 is 5.97 Å². The molecule has 3 atom stereocenters. The van der Waals surface area contributed by atoms with Gasteiger partial charge in [0, 0.05) is 11.8 Å². The summed E-state index contributed by atoms with van der Waals surface area (Å²) in [4.78, 5) is 14.0. The van der Waals surface area contributed by atoms with E-state index in [1.165, 1.54) is 61.3 Å². The zero-order valence-electron chi connectivity index (χ0n) is 20.7. The lowest BCUT2D eigenvalue weighted by molar-refractivity contribution is -0.140. The molecule has 0 spiro atoms. The van der Waals surface area contributed by atoms with E-state index >= 15 is 0 Å². The average molecular weight is 481 g/mol. The number of aryl methyl sites for hydroxylation is 1. The third-order valence-electron chi connectivity index (χ3n) is 9.11. The first-order valence-electron chi connectivity index (χ1n) is 13.6. The van der Waals surface area contributed by atoms with Crippen molar-refractivity contribution < 1.29 is 9.53 Å². The quantitative estimate of drug-likeness (QED) is 0.189. The van der Waals surface area contributed by atoms with Crippen LogP contribution in [-0.2, 0) is 17.6 Å². The molecule has 2 nitrogen and oxygen atoms in total. The second-order valence-electron chi connectivity index (χ2n) is 11.0. The van der Waals surface area contributed by atoms with E-state index in [1.54, 1.807) is 0 Å². The molecule has 3 unspecified atom stereocenters. The second-order valence-corrected chi connectivity index (χ2v) is 11.0. The number of ether oxygens (including phenoxy) is 1. The normalized spacial score (nSPS) is 21.4. The molecule has 0 saturated carbocycles. The second kappa shape index (κ2) is 8.05. The first-order valence-corrected chi connectivity index (χ1v) is 13.6. The number of rotatable bonds is 2. The molecule has 2 bridgehead atoms. The predicted molar refractivity (Wildman–Crippen MR) is 148 cm³/mol. The Labute approximate surface area is 216 Å². The Balaban J connectivity index is 1.29. The van der Waals surface area contributed by atoms with E-state index in [0.29, 0.717) is 0 Å². The summed E-state index contributed by atoms with van der Waals surface area (Å²) >= 11 is 0. The van der Waals surface area contributed by atoms with Crippen LogP contribution in [0.2, 0.25) is 0 Å². The van der Waals surface area contributed by atoms with Crippen LogP contribution in [0.5, 0.6) is 5.75 Å². The van der Waals surface area contributed by atoms with Crippen LogP contribution < -0.4 is 4.74 Å².